The van der Waals surface area contributed by atoms with E-state index in [0.29, 0.717) is 5.82 Å². The van der Waals surface area contributed by atoms with Gasteiger partial charge in [0.25, 0.3) is 0 Å². The van der Waals surface area contributed by atoms with Crippen LogP contribution in [0.2, 0.25) is 0 Å². The second-order valence-corrected chi connectivity index (χ2v) is 5.56. The molecule has 1 amide bonds. The molecule has 0 bridgehead atoms. The van der Waals surface area contributed by atoms with Crippen molar-refractivity contribution < 1.29 is 18.0 Å². The Hall–Kier alpha value is -2.49. The van der Waals surface area contributed by atoms with E-state index in [2.05, 4.69) is 31.3 Å². The smallest absolute Gasteiger partial charge is 0.352 e. The zero-order valence-electron chi connectivity index (χ0n) is 12.5. The summed E-state index contributed by atoms with van der Waals surface area (Å²) < 4.78 is 38.6. The summed E-state index contributed by atoms with van der Waals surface area (Å²) in [7, 11) is 0. The number of tetrazole rings is 1. The molecule has 3 N–H and O–H groups in total. The molecule has 0 unspecified atom stereocenters. The van der Waals surface area contributed by atoms with Crippen LogP contribution < -0.4 is 10.6 Å². The van der Waals surface area contributed by atoms with E-state index in [1.807, 2.05) is 0 Å². The highest BCUT2D eigenvalue weighted by atomic mass is 19.4. The Labute approximate surface area is 135 Å². The van der Waals surface area contributed by atoms with Gasteiger partial charge in [0.1, 0.15) is 0 Å². The maximum atomic E-state index is 12.9. The normalized spacial score (nSPS) is 21.0. The quantitative estimate of drug-likeness (QED) is 0.768. The third-order valence-electron chi connectivity index (χ3n) is 4.00. The summed E-state index contributed by atoms with van der Waals surface area (Å²) in [5.74, 6) is -2.89. The molecular formula is C14H15F3N6O. The monoisotopic (exact) mass is 340 g/mol. The van der Waals surface area contributed by atoms with E-state index in [1.165, 1.54) is 0 Å². The Balaban J connectivity index is 1.58. The summed E-state index contributed by atoms with van der Waals surface area (Å²) in [5, 5.41) is 18.7. The van der Waals surface area contributed by atoms with E-state index in [4.69, 9.17) is 0 Å². The predicted molar refractivity (Wildman–Crippen MR) is 77.4 cm³/mol. The van der Waals surface area contributed by atoms with Crippen LogP contribution in [0.4, 0.5) is 13.2 Å². The van der Waals surface area contributed by atoms with Gasteiger partial charge in [0, 0.05) is 25.2 Å². The van der Waals surface area contributed by atoms with Gasteiger partial charge in [-0.15, -0.1) is 10.2 Å². The number of H-pyrrole nitrogens is 1. The number of carbonyl (C=O) groups excluding carboxylic acids is 1. The summed E-state index contributed by atoms with van der Waals surface area (Å²) >= 11 is 0. The molecule has 128 valence electrons. The highest BCUT2D eigenvalue weighted by Gasteiger charge is 2.49. The molecule has 1 saturated heterocycles. The van der Waals surface area contributed by atoms with Gasteiger partial charge in [-0.25, -0.2) is 0 Å². The molecule has 2 atom stereocenters. The first-order valence-electron chi connectivity index (χ1n) is 7.33. The van der Waals surface area contributed by atoms with Crippen molar-refractivity contribution in [3.63, 3.8) is 0 Å². The molecule has 1 aliphatic heterocycles. The largest absolute Gasteiger partial charge is 0.393 e. The van der Waals surface area contributed by atoms with Crippen molar-refractivity contribution in [1.29, 1.82) is 0 Å². The Morgan fingerprint density at radius 3 is 2.62 bits per heavy atom. The number of benzene rings is 1. The van der Waals surface area contributed by atoms with Crippen LogP contribution in [-0.4, -0.2) is 45.8 Å². The summed E-state index contributed by atoms with van der Waals surface area (Å²) in [6, 6.07) is 7.00. The van der Waals surface area contributed by atoms with E-state index in [-0.39, 0.29) is 19.6 Å². The van der Waals surface area contributed by atoms with Gasteiger partial charge in [-0.1, -0.05) is 24.3 Å². The molecule has 1 aromatic heterocycles. The first-order valence-corrected chi connectivity index (χ1v) is 7.33. The molecular weight excluding hydrogens is 325 g/mol. The van der Waals surface area contributed by atoms with Crippen LogP contribution in [0.3, 0.4) is 0 Å². The molecule has 2 heterocycles. The van der Waals surface area contributed by atoms with Gasteiger partial charge < -0.3 is 10.6 Å². The summed E-state index contributed by atoms with van der Waals surface area (Å²) in [4.78, 5) is 12.0. The van der Waals surface area contributed by atoms with Crippen molar-refractivity contribution in [3.8, 4) is 11.4 Å². The van der Waals surface area contributed by atoms with Gasteiger partial charge in [0.15, 0.2) is 0 Å². The molecule has 24 heavy (non-hydrogen) atoms. The molecule has 1 aliphatic rings. The minimum atomic E-state index is -4.38. The number of aromatic nitrogens is 4. The maximum Gasteiger partial charge on any atom is 0.393 e. The van der Waals surface area contributed by atoms with Gasteiger partial charge in [0.05, 0.1) is 11.8 Å². The van der Waals surface area contributed by atoms with Gasteiger partial charge in [0.2, 0.25) is 11.7 Å². The Morgan fingerprint density at radius 1 is 1.25 bits per heavy atom. The minimum absolute atomic E-state index is 0.0345. The van der Waals surface area contributed by atoms with Crippen molar-refractivity contribution in [1.82, 2.24) is 31.3 Å². The molecule has 0 spiro atoms. The highest BCUT2D eigenvalue weighted by Crippen LogP contribution is 2.34. The lowest BCUT2D eigenvalue weighted by Crippen LogP contribution is -2.39. The van der Waals surface area contributed by atoms with E-state index >= 15 is 0 Å². The zero-order chi connectivity index (χ0) is 17.2. The molecule has 10 heteroatoms. The number of nitrogens with zero attached hydrogens (tertiary/aromatic N) is 3. The van der Waals surface area contributed by atoms with Crippen molar-refractivity contribution in [2.24, 2.45) is 11.8 Å². The van der Waals surface area contributed by atoms with Crippen molar-refractivity contribution in [3.05, 3.63) is 29.8 Å². The molecule has 1 aromatic carbocycles. The van der Waals surface area contributed by atoms with Crippen LogP contribution in [-0.2, 0) is 11.3 Å². The Morgan fingerprint density at radius 2 is 2.00 bits per heavy atom. The van der Waals surface area contributed by atoms with Gasteiger partial charge in [-0.05, 0) is 10.8 Å². The lowest BCUT2D eigenvalue weighted by Gasteiger charge is -2.20. The molecule has 1 fully saturated rings. The number of hydrogen-bond donors (Lipinski definition) is 3. The second-order valence-electron chi connectivity index (χ2n) is 5.56. The van der Waals surface area contributed by atoms with Crippen LogP contribution in [0.5, 0.6) is 0 Å². The topological polar surface area (TPSA) is 95.6 Å². The van der Waals surface area contributed by atoms with Crippen molar-refractivity contribution in [2.45, 2.75) is 12.7 Å². The molecule has 0 radical (unpaired) electrons. The van der Waals surface area contributed by atoms with E-state index in [1.54, 1.807) is 24.3 Å². The van der Waals surface area contributed by atoms with Crippen LogP contribution in [0.15, 0.2) is 24.3 Å². The second kappa shape index (κ2) is 6.56. The van der Waals surface area contributed by atoms with Gasteiger partial charge in [-0.2, -0.15) is 18.4 Å². The van der Waals surface area contributed by atoms with Crippen molar-refractivity contribution in [2.75, 3.05) is 13.1 Å². The molecule has 3 rings (SSSR count). The molecule has 7 nitrogen and oxygen atoms in total. The number of hydrogen-bond acceptors (Lipinski definition) is 5. The fourth-order valence-corrected chi connectivity index (χ4v) is 2.67. The first-order chi connectivity index (χ1) is 11.4. The van der Waals surface area contributed by atoms with Crippen LogP contribution in [0, 0.1) is 11.8 Å². The lowest BCUT2D eigenvalue weighted by atomic mass is 9.94. The van der Waals surface area contributed by atoms with Crippen molar-refractivity contribution >= 4 is 5.91 Å². The number of halogens is 3. The SMILES string of the molecule is O=C(NCc1ccc(-c2nn[nH]n2)cc1)[C@@H]1CNC[C@H]1C(F)(F)F. The Bertz CT molecular complexity index is 686. The molecule has 0 saturated carbocycles. The molecule has 0 aliphatic carbocycles. The maximum absolute atomic E-state index is 12.9. The third kappa shape index (κ3) is 3.53. The number of alkyl halides is 3. The highest BCUT2D eigenvalue weighted by molar-refractivity contribution is 5.79. The van der Waals surface area contributed by atoms with Gasteiger partial charge >= 0.3 is 6.18 Å². The third-order valence-corrected chi connectivity index (χ3v) is 4.00. The summed E-state index contributed by atoms with van der Waals surface area (Å²) in [6.45, 7) is -0.0276. The number of aromatic amines is 1. The number of rotatable bonds is 4. The zero-order valence-corrected chi connectivity index (χ0v) is 12.5. The van der Waals surface area contributed by atoms with Crippen LogP contribution in [0.1, 0.15) is 5.56 Å². The number of nitrogens with one attached hydrogen (secondary N) is 3. The average Bonchev–Trinajstić information content (AvgIpc) is 3.23. The average molecular weight is 340 g/mol. The fraction of sp³-hybridized carbons (Fsp3) is 0.429. The predicted octanol–water partition coefficient (Wildman–Crippen LogP) is 0.881. The van der Waals surface area contributed by atoms with Crippen LogP contribution in [0.25, 0.3) is 11.4 Å². The van der Waals surface area contributed by atoms with E-state index in [0.717, 1.165) is 11.1 Å². The lowest BCUT2D eigenvalue weighted by molar-refractivity contribution is -0.182. The van der Waals surface area contributed by atoms with E-state index in [9.17, 15) is 18.0 Å². The summed E-state index contributed by atoms with van der Waals surface area (Å²) in [6.07, 6.45) is -4.38. The first kappa shape index (κ1) is 16.4. The number of carbonyl (C=O) groups is 1. The number of amides is 1. The van der Waals surface area contributed by atoms with E-state index < -0.39 is 23.9 Å². The van der Waals surface area contributed by atoms with Gasteiger partial charge in [-0.3, -0.25) is 4.79 Å². The fourth-order valence-electron chi connectivity index (χ4n) is 2.67. The standard InChI is InChI=1S/C14H15F3N6O/c15-14(16,17)11-7-18-6-10(11)13(24)19-5-8-1-3-9(4-2-8)12-20-22-23-21-12/h1-4,10-11,18H,5-7H2,(H,19,24)(H,20,21,22,23)/t10-,11-/m1/s1. The Kier molecular flexibility index (Phi) is 4.47. The van der Waals surface area contributed by atoms with Crippen LogP contribution >= 0.6 is 0 Å². The minimum Gasteiger partial charge on any atom is -0.352 e. The summed E-state index contributed by atoms with van der Waals surface area (Å²) in [5.41, 5.74) is 1.51. The molecule has 2 aromatic rings.